The third-order valence-corrected chi connectivity index (χ3v) is 4.77. The number of benzene rings is 1. The van der Waals surface area contributed by atoms with E-state index in [-0.39, 0.29) is 17.1 Å². The number of fused-ring (bicyclic) bond motifs is 1. The summed E-state index contributed by atoms with van der Waals surface area (Å²) in [6.45, 7) is 7.78. The summed E-state index contributed by atoms with van der Waals surface area (Å²) >= 11 is 1.52. The number of methoxy groups -OCH3 is 1. The fraction of sp³-hybridized carbons (Fsp3) is 0.529. The molecule has 0 aromatic heterocycles. The van der Waals surface area contributed by atoms with Crippen molar-refractivity contribution in [2.24, 2.45) is 5.92 Å². The lowest BCUT2D eigenvalue weighted by Gasteiger charge is -2.26. The zero-order valence-corrected chi connectivity index (χ0v) is 14.9. The Balaban J connectivity index is 2.20. The van der Waals surface area contributed by atoms with Crippen LogP contribution in [-0.2, 0) is 9.53 Å². The highest BCUT2D eigenvalue weighted by Crippen LogP contribution is 2.36. The summed E-state index contributed by atoms with van der Waals surface area (Å²) in [5.74, 6) is 0.325. The average molecular weight is 336 g/mol. The summed E-state index contributed by atoms with van der Waals surface area (Å²) in [5.41, 5.74) is 1.32. The number of nitrogens with zero attached hydrogens (tertiary/aromatic N) is 1. The molecule has 0 spiro atoms. The van der Waals surface area contributed by atoms with E-state index in [1.807, 2.05) is 19.1 Å². The third kappa shape index (κ3) is 4.48. The normalized spacial score (nSPS) is 16.9. The third-order valence-electron chi connectivity index (χ3n) is 3.60. The van der Waals surface area contributed by atoms with Gasteiger partial charge in [0.2, 0.25) is 5.91 Å². The van der Waals surface area contributed by atoms with Crippen molar-refractivity contribution in [1.82, 2.24) is 4.90 Å². The van der Waals surface area contributed by atoms with E-state index in [0.29, 0.717) is 31.2 Å². The van der Waals surface area contributed by atoms with Crippen molar-refractivity contribution < 1.29 is 14.3 Å². The second-order valence-electron chi connectivity index (χ2n) is 6.10. The molecule has 6 heteroatoms. The number of hydrogen-bond donors (Lipinski definition) is 1. The number of ether oxygens (including phenoxy) is 1. The van der Waals surface area contributed by atoms with Gasteiger partial charge in [-0.05, 0) is 31.0 Å². The summed E-state index contributed by atoms with van der Waals surface area (Å²) < 4.78 is 5.10. The molecule has 0 fully saturated rings. The van der Waals surface area contributed by atoms with Crippen LogP contribution in [0.15, 0.2) is 23.1 Å². The topological polar surface area (TPSA) is 58.6 Å². The van der Waals surface area contributed by atoms with Gasteiger partial charge in [0.25, 0.3) is 5.91 Å². The van der Waals surface area contributed by atoms with E-state index < -0.39 is 0 Å². The molecule has 0 bridgehead atoms. The fourth-order valence-corrected chi connectivity index (χ4v) is 3.37. The van der Waals surface area contributed by atoms with Crippen molar-refractivity contribution >= 4 is 29.3 Å². The molecule has 2 amide bonds. The van der Waals surface area contributed by atoms with Crippen LogP contribution in [0.5, 0.6) is 0 Å². The Morgan fingerprint density at radius 1 is 1.43 bits per heavy atom. The van der Waals surface area contributed by atoms with Gasteiger partial charge in [0, 0.05) is 30.7 Å². The maximum atomic E-state index is 12.8. The van der Waals surface area contributed by atoms with Crippen molar-refractivity contribution in [3.63, 3.8) is 0 Å². The molecule has 0 saturated carbocycles. The van der Waals surface area contributed by atoms with Gasteiger partial charge in [0.15, 0.2) is 0 Å². The van der Waals surface area contributed by atoms with Gasteiger partial charge in [-0.1, -0.05) is 13.8 Å². The van der Waals surface area contributed by atoms with E-state index in [4.69, 9.17) is 4.74 Å². The van der Waals surface area contributed by atoms with Crippen molar-refractivity contribution in [2.45, 2.75) is 30.9 Å². The molecule has 1 heterocycles. The van der Waals surface area contributed by atoms with Crippen LogP contribution in [0.25, 0.3) is 0 Å². The van der Waals surface area contributed by atoms with E-state index in [1.165, 1.54) is 11.8 Å². The van der Waals surface area contributed by atoms with Gasteiger partial charge in [-0.25, -0.2) is 0 Å². The molecule has 126 valence electrons. The van der Waals surface area contributed by atoms with E-state index >= 15 is 0 Å². The molecule has 1 atom stereocenters. The number of thioether (sulfide) groups is 1. The molecule has 0 saturated heterocycles. The molecule has 0 radical (unpaired) electrons. The van der Waals surface area contributed by atoms with Crippen molar-refractivity contribution in [3.8, 4) is 0 Å². The Morgan fingerprint density at radius 3 is 2.83 bits per heavy atom. The quantitative estimate of drug-likeness (QED) is 0.868. The van der Waals surface area contributed by atoms with Gasteiger partial charge in [0.05, 0.1) is 17.5 Å². The number of amides is 2. The van der Waals surface area contributed by atoms with Crippen molar-refractivity contribution in [2.75, 3.05) is 32.1 Å². The summed E-state index contributed by atoms with van der Waals surface area (Å²) in [6, 6.07) is 5.51. The molecular weight excluding hydrogens is 312 g/mol. The highest BCUT2D eigenvalue weighted by Gasteiger charge is 2.25. The second-order valence-corrected chi connectivity index (χ2v) is 7.48. The van der Waals surface area contributed by atoms with Crippen molar-refractivity contribution in [1.29, 1.82) is 0 Å². The standard InChI is InChI=1S/C17H24N2O3S/c1-11(2)10-19(7-8-22-4)17(21)13-5-6-15-14(9-13)18-16(20)12(3)23-15/h5-6,9,11-12H,7-8,10H2,1-4H3,(H,18,20). The van der Waals surface area contributed by atoms with Gasteiger partial charge >= 0.3 is 0 Å². The minimum atomic E-state index is -0.108. The van der Waals surface area contributed by atoms with Gasteiger partial charge in [-0.2, -0.15) is 0 Å². The maximum absolute atomic E-state index is 12.8. The smallest absolute Gasteiger partial charge is 0.254 e. The summed E-state index contributed by atoms with van der Waals surface area (Å²) in [4.78, 5) is 27.4. The lowest BCUT2D eigenvalue weighted by Crippen LogP contribution is -2.37. The number of hydrogen-bond acceptors (Lipinski definition) is 4. The number of carbonyl (C=O) groups excluding carboxylic acids is 2. The van der Waals surface area contributed by atoms with Gasteiger partial charge in [-0.15, -0.1) is 11.8 Å². The minimum Gasteiger partial charge on any atom is -0.383 e. The SMILES string of the molecule is COCCN(CC(C)C)C(=O)c1ccc2c(c1)NC(=O)C(C)S2. The van der Waals surface area contributed by atoms with Crippen LogP contribution in [0.2, 0.25) is 0 Å². The van der Waals surface area contributed by atoms with Crippen LogP contribution in [0.3, 0.4) is 0 Å². The zero-order valence-electron chi connectivity index (χ0n) is 14.1. The number of rotatable bonds is 6. The number of nitrogens with one attached hydrogen (secondary N) is 1. The largest absolute Gasteiger partial charge is 0.383 e. The molecule has 1 aromatic rings. The number of carbonyl (C=O) groups is 2. The van der Waals surface area contributed by atoms with E-state index in [0.717, 1.165) is 10.6 Å². The van der Waals surface area contributed by atoms with E-state index in [9.17, 15) is 9.59 Å². The summed E-state index contributed by atoms with van der Waals surface area (Å²) in [5, 5.41) is 2.76. The highest BCUT2D eigenvalue weighted by molar-refractivity contribution is 8.00. The van der Waals surface area contributed by atoms with Gasteiger partial charge in [0.1, 0.15) is 0 Å². The monoisotopic (exact) mass is 336 g/mol. The molecule has 2 rings (SSSR count). The minimum absolute atomic E-state index is 0.0227. The predicted molar refractivity (Wildman–Crippen MR) is 93.0 cm³/mol. The Bertz CT molecular complexity index is 589. The van der Waals surface area contributed by atoms with Gasteiger partial charge < -0.3 is 15.0 Å². The van der Waals surface area contributed by atoms with E-state index in [1.54, 1.807) is 18.1 Å². The summed E-state index contributed by atoms with van der Waals surface area (Å²) in [6.07, 6.45) is 0. The maximum Gasteiger partial charge on any atom is 0.254 e. The molecule has 5 nitrogen and oxygen atoms in total. The predicted octanol–water partition coefficient (Wildman–Crippen LogP) is 2.86. The molecular formula is C17H24N2O3S. The Kier molecular flexibility index (Phi) is 6.07. The van der Waals surface area contributed by atoms with Crippen LogP contribution in [0, 0.1) is 5.92 Å². The lowest BCUT2D eigenvalue weighted by atomic mass is 10.1. The Labute approximate surface area is 141 Å². The zero-order chi connectivity index (χ0) is 17.0. The number of anilines is 1. The first-order chi connectivity index (χ1) is 10.9. The lowest BCUT2D eigenvalue weighted by molar-refractivity contribution is -0.115. The average Bonchev–Trinajstić information content (AvgIpc) is 2.51. The van der Waals surface area contributed by atoms with Crippen LogP contribution in [0.1, 0.15) is 31.1 Å². The second kappa shape index (κ2) is 7.84. The van der Waals surface area contributed by atoms with Gasteiger partial charge in [-0.3, -0.25) is 9.59 Å². The first-order valence-electron chi connectivity index (χ1n) is 7.82. The first kappa shape index (κ1) is 17.8. The molecule has 1 unspecified atom stereocenters. The van der Waals surface area contributed by atoms with Crippen LogP contribution in [0.4, 0.5) is 5.69 Å². The fourth-order valence-electron chi connectivity index (χ4n) is 2.44. The van der Waals surface area contributed by atoms with Crippen LogP contribution >= 0.6 is 11.8 Å². The Hall–Kier alpha value is -1.53. The molecule has 23 heavy (non-hydrogen) atoms. The highest BCUT2D eigenvalue weighted by atomic mass is 32.2. The molecule has 1 aliphatic heterocycles. The molecule has 0 aliphatic carbocycles. The van der Waals surface area contributed by atoms with Crippen LogP contribution < -0.4 is 5.32 Å². The van der Waals surface area contributed by atoms with Crippen LogP contribution in [-0.4, -0.2) is 48.8 Å². The molecule has 1 N–H and O–H groups in total. The van der Waals surface area contributed by atoms with Crippen molar-refractivity contribution in [3.05, 3.63) is 23.8 Å². The first-order valence-corrected chi connectivity index (χ1v) is 8.70. The molecule has 1 aromatic carbocycles. The summed E-state index contributed by atoms with van der Waals surface area (Å²) in [7, 11) is 1.63. The molecule has 1 aliphatic rings. The van der Waals surface area contributed by atoms with E-state index in [2.05, 4.69) is 19.2 Å². The Morgan fingerprint density at radius 2 is 2.17 bits per heavy atom.